The molecule has 1 aliphatic rings. The lowest BCUT2D eigenvalue weighted by atomic mass is 9.82. The van der Waals surface area contributed by atoms with Gasteiger partial charge in [0.05, 0.1) is 0 Å². The smallest absolute Gasteiger partial charge is 0.251 e. The van der Waals surface area contributed by atoms with Crippen LogP contribution >= 0.6 is 0 Å². The Labute approximate surface area is 122 Å². The Hall–Kier alpha value is -1.51. The fraction of sp³-hybridized carbons (Fsp3) is 0.588. The number of rotatable bonds is 4. The van der Waals surface area contributed by atoms with Crippen LogP contribution in [0.3, 0.4) is 0 Å². The predicted molar refractivity (Wildman–Crippen MR) is 84.2 cm³/mol. The van der Waals surface area contributed by atoms with Crippen molar-refractivity contribution in [2.24, 2.45) is 11.8 Å². The summed E-state index contributed by atoms with van der Waals surface area (Å²) in [6.45, 7) is 5.45. The van der Waals surface area contributed by atoms with Crippen LogP contribution in [0.5, 0.6) is 0 Å². The molecule has 1 aromatic rings. The molecule has 0 spiro atoms. The van der Waals surface area contributed by atoms with Gasteiger partial charge < -0.3 is 10.6 Å². The Morgan fingerprint density at radius 3 is 2.85 bits per heavy atom. The van der Waals surface area contributed by atoms with E-state index in [1.807, 2.05) is 18.2 Å². The van der Waals surface area contributed by atoms with E-state index < -0.39 is 0 Å². The molecule has 2 atom stereocenters. The molecule has 0 saturated heterocycles. The van der Waals surface area contributed by atoms with Gasteiger partial charge in [0.25, 0.3) is 5.91 Å². The number of hydrogen-bond acceptors (Lipinski definition) is 2. The number of hydrogen-bond donors (Lipinski definition) is 2. The number of aryl methyl sites for hydroxylation is 1. The molecule has 2 rings (SSSR count). The third kappa shape index (κ3) is 3.75. The van der Waals surface area contributed by atoms with Gasteiger partial charge in [-0.3, -0.25) is 4.79 Å². The first-order valence-corrected chi connectivity index (χ1v) is 7.66. The zero-order chi connectivity index (χ0) is 14.5. The van der Waals surface area contributed by atoms with Gasteiger partial charge in [0, 0.05) is 24.8 Å². The average molecular weight is 274 g/mol. The van der Waals surface area contributed by atoms with Gasteiger partial charge in [-0.2, -0.15) is 0 Å². The van der Waals surface area contributed by atoms with Crippen molar-refractivity contribution in [3.8, 4) is 0 Å². The lowest BCUT2D eigenvalue weighted by molar-refractivity contribution is 0.0963. The summed E-state index contributed by atoms with van der Waals surface area (Å²) in [4.78, 5) is 11.7. The summed E-state index contributed by atoms with van der Waals surface area (Å²) in [7, 11) is 1.67. The second kappa shape index (κ2) is 6.78. The molecular formula is C17H26N2O. The van der Waals surface area contributed by atoms with Crippen LogP contribution in [-0.4, -0.2) is 19.5 Å². The molecule has 1 amide bonds. The highest BCUT2D eigenvalue weighted by Crippen LogP contribution is 2.29. The normalized spacial score (nSPS) is 22.4. The minimum Gasteiger partial charge on any atom is -0.385 e. The van der Waals surface area contributed by atoms with Crippen molar-refractivity contribution in [3.63, 3.8) is 0 Å². The van der Waals surface area contributed by atoms with Crippen LogP contribution in [0.2, 0.25) is 0 Å². The largest absolute Gasteiger partial charge is 0.385 e. The fourth-order valence-corrected chi connectivity index (χ4v) is 3.10. The summed E-state index contributed by atoms with van der Waals surface area (Å²) >= 11 is 0. The topological polar surface area (TPSA) is 41.1 Å². The highest BCUT2D eigenvalue weighted by molar-refractivity contribution is 5.95. The predicted octanol–water partition coefficient (Wildman–Crippen LogP) is 3.59. The first kappa shape index (κ1) is 14.9. The molecule has 3 heteroatoms. The summed E-state index contributed by atoms with van der Waals surface area (Å²) in [5, 5.41) is 6.22. The molecule has 0 radical (unpaired) electrons. The van der Waals surface area contributed by atoms with E-state index in [2.05, 4.69) is 24.5 Å². The maximum absolute atomic E-state index is 11.7. The van der Waals surface area contributed by atoms with Gasteiger partial charge in [0.2, 0.25) is 0 Å². The minimum absolute atomic E-state index is 0.0284. The molecule has 0 bridgehead atoms. The molecule has 1 fully saturated rings. The third-order valence-corrected chi connectivity index (χ3v) is 4.35. The highest BCUT2D eigenvalue weighted by Gasteiger charge is 2.18. The number of carbonyl (C=O) groups is 1. The molecule has 0 heterocycles. The van der Waals surface area contributed by atoms with Crippen molar-refractivity contribution in [1.82, 2.24) is 5.32 Å². The minimum atomic E-state index is -0.0284. The number of anilines is 1. The second-order valence-corrected chi connectivity index (χ2v) is 6.13. The molecule has 0 aliphatic heterocycles. The lowest BCUT2D eigenvalue weighted by Crippen LogP contribution is -2.22. The molecular weight excluding hydrogens is 248 g/mol. The van der Waals surface area contributed by atoms with Crippen molar-refractivity contribution in [1.29, 1.82) is 0 Å². The monoisotopic (exact) mass is 274 g/mol. The zero-order valence-corrected chi connectivity index (χ0v) is 12.8. The van der Waals surface area contributed by atoms with Crippen molar-refractivity contribution in [2.45, 2.75) is 39.5 Å². The van der Waals surface area contributed by atoms with Crippen molar-refractivity contribution >= 4 is 11.6 Å². The van der Waals surface area contributed by atoms with Crippen molar-refractivity contribution in [2.75, 3.05) is 18.9 Å². The van der Waals surface area contributed by atoms with Gasteiger partial charge in [-0.25, -0.2) is 0 Å². The van der Waals surface area contributed by atoms with Gasteiger partial charge in [0.1, 0.15) is 0 Å². The molecule has 2 N–H and O–H groups in total. The maximum Gasteiger partial charge on any atom is 0.251 e. The molecule has 1 aromatic carbocycles. The van der Waals surface area contributed by atoms with E-state index in [0.29, 0.717) is 0 Å². The zero-order valence-electron chi connectivity index (χ0n) is 12.8. The standard InChI is InChI=1S/C17H26N2O/c1-12-5-4-6-14(9-12)11-19-16-10-15(17(20)18-3)8-7-13(16)2/h7-8,10,12,14,19H,4-6,9,11H2,1-3H3,(H,18,20). The second-order valence-electron chi connectivity index (χ2n) is 6.13. The fourth-order valence-electron chi connectivity index (χ4n) is 3.10. The van der Waals surface area contributed by atoms with E-state index in [1.54, 1.807) is 7.05 Å². The lowest BCUT2D eigenvalue weighted by Gasteiger charge is -2.27. The quantitative estimate of drug-likeness (QED) is 0.881. The van der Waals surface area contributed by atoms with Crippen molar-refractivity contribution in [3.05, 3.63) is 29.3 Å². The third-order valence-electron chi connectivity index (χ3n) is 4.35. The van der Waals surface area contributed by atoms with Crippen LogP contribution in [-0.2, 0) is 0 Å². The van der Waals surface area contributed by atoms with Crippen LogP contribution < -0.4 is 10.6 Å². The maximum atomic E-state index is 11.7. The summed E-state index contributed by atoms with van der Waals surface area (Å²) in [5.41, 5.74) is 3.00. The van der Waals surface area contributed by atoms with Crippen LogP contribution in [0.4, 0.5) is 5.69 Å². The van der Waals surface area contributed by atoms with Gasteiger partial charge >= 0.3 is 0 Å². The Morgan fingerprint density at radius 2 is 2.15 bits per heavy atom. The highest BCUT2D eigenvalue weighted by atomic mass is 16.1. The average Bonchev–Trinajstić information content (AvgIpc) is 2.45. The number of amides is 1. The van der Waals surface area contributed by atoms with E-state index in [-0.39, 0.29) is 5.91 Å². The van der Waals surface area contributed by atoms with Gasteiger partial charge in [-0.05, 0) is 49.3 Å². The number of benzene rings is 1. The molecule has 1 saturated carbocycles. The first-order valence-electron chi connectivity index (χ1n) is 7.66. The molecule has 1 aliphatic carbocycles. The molecule has 3 nitrogen and oxygen atoms in total. The van der Waals surface area contributed by atoms with E-state index in [0.717, 1.165) is 29.6 Å². The summed E-state index contributed by atoms with van der Waals surface area (Å²) in [6, 6.07) is 5.85. The number of nitrogens with one attached hydrogen (secondary N) is 2. The van der Waals surface area contributed by atoms with E-state index in [4.69, 9.17) is 0 Å². The number of carbonyl (C=O) groups excluding carboxylic acids is 1. The van der Waals surface area contributed by atoms with Gasteiger partial charge in [-0.1, -0.05) is 25.8 Å². The summed E-state index contributed by atoms with van der Waals surface area (Å²) in [6.07, 6.45) is 5.37. The molecule has 20 heavy (non-hydrogen) atoms. The van der Waals surface area contributed by atoms with E-state index in [1.165, 1.54) is 31.2 Å². The van der Waals surface area contributed by atoms with Crippen LogP contribution in [0.15, 0.2) is 18.2 Å². The molecule has 0 aromatic heterocycles. The first-order chi connectivity index (χ1) is 9.60. The van der Waals surface area contributed by atoms with Crippen LogP contribution in [0.25, 0.3) is 0 Å². The summed E-state index contributed by atoms with van der Waals surface area (Å²) in [5.74, 6) is 1.59. The SMILES string of the molecule is CNC(=O)c1ccc(C)c(NCC2CCCC(C)C2)c1. The van der Waals surface area contributed by atoms with E-state index in [9.17, 15) is 4.79 Å². The Balaban J connectivity index is 1.99. The Kier molecular flexibility index (Phi) is 5.05. The van der Waals surface area contributed by atoms with Gasteiger partial charge in [0.15, 0.2) is 0 Å². The Bertz CT molecular complexity index is 470. The van der Waals surface area contributed by atoms with Crippen LogP contribution in [0, 0.1) is 18.8 Å². The van der Waals surface area contributed by atoms with Crippen LogP contribution in [0.1, 0.15) is 48.5 Å². The van der Waals surface area contributed by atoms with Gasteiger partial charge in [-0.15, -0.1) is 0 Å². The molecule has 2 unspecified atom stereocenters. The molecule has 110 valence electrons. The van der Waals surface area contributed by atoms with E-state index >= 15 is 0 Å². The summed E-state index contributed by atoms with van der Waals surface area (Å²) < 4.78 is 0. The van der Waals surface area contributed by atoms with Crippen molar-refractivity contribution < 1.29 is 4.79 Å². The Morgan fingerprint density at radius 1 is 1.35 bits per heavy atom.